The Bertz CT molecular complexity index is 1370. The number of benzene rings is 2. The number of nitrogens with zero attached hydrogens (tertiary/aromatic N) is 4. The van der Waals surface area contributed by atoms with Crippen LogP contribution in [0.5, 0.6) is 0 Å². The molecule has 202 valence electrons. The van der Waals surface area contributed by atoms with E-state index in [0.717, 1.165) is 43.2 Å². The maximum atomic E-state index is 14.5. The summed E-state index contributed by atoms with van der Waals surface area (Å²) in [4.78, 5) is 29.6. The number of rotatable bonds is 4. The highest BCUT2D eigenvalue weighted by Gasteiger charge is 2.63. The van der Waals surface area contributed by atoms with Crippen LogP contribution < -0.4 is 5.32 Å². The van der Waals surface area contributed by atoms with Gasteiger partial charge in [0.2, 0.25) is 5.91 Å². The van der Waals surface area contributed by atoms with Crippen LogP contribution in [-0.2, 0) is 25.5 Å². The van der Waals surface area contributed by atoms with Crippen molar-refractivity contribution >= 4 is 11.8 Å². The minimum Gasteiger partial charge on any atom is -0.357 e. The molecule has 2 amide bonds. The van der Waals surface area contributed by atoms with Crippen molar-refractivity contribution in [2.75, 3.05) is 7.05 Å². The third-order valence-electron chi connectivity index (χ3n) is 8.38. The largest absolute Gasteiger partial charge is 0.357 e. The second-order valence-corrected chi connectivity index (χ2v) is 10.7. The van der Waals surface area contributed by atoms with E-state index in [1.165, 1.54) is 0 Å². The normalized spacial score (nSPS) is 29.0. The second kappa shape index (κ2) is 9.55. The molecular formula is C29H31N5O5. The number of aromatic nitrogens is 3. The molecule has 0 bridgehead atoms. The summed E-state index contributed by atoms with van der Waals surface area (Å²) < 4.78 is 21.3. The second-order valence-electron chi connectivity index (χ2n) is 10.7. The van der Waals surface area contributed by atoms with Gasteiger partial charge < -0.3 is 24.4 Å². The lowest BCUT2D eigenvalue weighted by molar-refractivity contribution is -0.244. The number of fused-ring (bicyclic) bond motifs is 5. The fourth-order valence-corrected chi connectivity index (χ4v) is 6.55. The molecule has 2 aromatic carbocycles. The van der Waals surface area contributed by atoms with Crippen molar-refractivity contribution in [1.29, 1.82) is 0 Å². The third-order valence-corrected chi connectivity index (χ3v) is 8.38. The fourth-order valence-electron chi connectivity index (χ4n) is 6.55. The van der Waals surface area contributed by atoms with Crippen molar-refractivity contribution in [1.82, 2.24) is 25.2 Å². The maximum absolute atomic E-state index is 14.5. The number of likely N-dealkylation sites (N-methyl/N-ethyl adjacent to an activating group) is 1. The molecule has 4 aliphatic rings. The molecule has 10 heteroatoms. The number of hydrogen-bond donors (Lipinski definition) is 1. The predicted octanol–water partition coefficient (Wildman–Crippen LogP) is 3.06. The number of ether oxygens (including phenoxy) is 3. The lowest BCUT2D eigenvalue weighted by atomic mass is 9.94. The molecule has 0 radical (unpaired) electrons. The fraction of sp³-hybridized carbons (Fsp3) is 0.448. The van der Waals surface area contributed by atoms with Gasteiger partial charge in [-0.1, -0.05) is 72.3 Å². The van der Waals surface area contributed by atoms with Gasteiger partial charge in [0.25, 0.3) is 5.91 Å². The van der Waals surface area contributed by atoms with Crippen molar-refractivity contribution < 1.29 is 23.8 Å². The summed E-state index contributed by atoms with van der Waals surface area (Å²) in [7, 11) is 1.57. The van der Waals surface area contributed by atoms with Crippen LogP contribution in [0.3, 0.4) is 0 Å². The smallest absolute Gasteiger partial charge is 0.275 e. The summed E-state index contributed by atoms with van der Waals surface area (Å²) in [5.74, 6) is -1.36. The van der Waals surface area contributed by atoms with Crippen LogP contribution in [0.15, 0.2) is 60.7 Å². The van der Waals surface area contributed by atoms with E-state index >= 15 is 0 Å². The van der Waals surface area contributed by atoms with Crippen LogP contribution in [0.4, 0.5) is 0 Å². The lowest BCUT2D eigenvalue weighted by Gasteiger charge is -2.36. The topological polar surface area (TPSA) is 108 Å². The molecule has 39 heavy (non-hydrogen) atoms. The van der Waals surface area contributed by atoms with Gasteiger partial charge in [0.15, 0.2) is 17.8 Å². The van der Waals surface area contributed by atoms with Gasteiger partial charge in [-0.15, -0.1) is 5.10 Å². The van der Waals surface area contributed by atoms with E-state index in [1.54, 1.807) is 16.6 Å². The van der Waals surface area contributed by atoms with E-state index in [2.05, 4.69) is 15.6 Å². The van der Waals surface area contributed by atoms with Crippen LogP contribution in [0.25, 0.3) is 11.3 Å². The molecule has 2 saturated heterocycles. The number of amides is 2. The molecule has 1 saturated carbocycles. The van der Waals surface area contributed by atoms with Crippen molar-refractivity contribution in [2.45, 2.75) is 75.0 Å². The highest BCUT2D eigenvalue weighted by atomic mass is 16.8. The van der Waals surface area contributed by atoms with E-state index in [0.29, 0.717) is 11.4 Å². The highest BCUT2D eigenvalue weighted by Crippen LogP contribution is 2.51. The molecule has 3 aliphatic heterocycles. The van der Waals surface area contributed by atoms with Crippen LogP contribution in [0.1, 0.15) is 54.2 Å². The quantitative estimate of drug-likeness (QED) is 0.554. The average Bonchev–Trinajstić information content (AvgIpc) is 3.63. The predicted molar refractivity (Wildman–Crippen MR) is 139 cm³/mol. The van der Waals surface area contributed by atoms with Gasteiger partial charge in [-0.3, -0.25) is 9.59 Å². The van der Waals surface area contributed by atoms with Crippen LogP contribution in [-0.4, -0.2) is 69.1 Å². The zero-order valence-electron chi connectivity index (χ0n) is 21.7. The van der Waals surface area contributed by atoms with E-state index in [9.17, 15) is 9.59 Å². The van der Waals surface area contributed by atoms with Crippen molar-refractivity contribution in [3.63, 3.8) is 0 Å². The van der Waals surface area contributed by atoms with Gasteiger partial charge in [-0.2, -0.15) is 0 Å². The van der Waals surface area contributed by atoms with Gasteiger partial charge in [0.1, 0.15) is 30.0 Å². The Morgan fingerprint density at radius 1 is 1.00 bits per heavy atom. The van der Waals surface area contributed by atoms with E-state index in [1.807, 2.05) is 60.7 Å². The molecule has 10 nitrogen and oxygen atoms in total. The molecular weight excluding hydrogens is 498 g/mol. The van der Waals surface area contributed by atoms with E-state index in [4.69, 9.17) is 14.2 Å². The zero-order valence-corrected chi connectivity index (χ0v) is 21.7. The van der Waals surface area contributed by atoms with Gasteiger partial charge in [-0.05, 0) is 18.4 Å². The minimum absolute atomic E-state index is 0.213. The summed E-state index contributed by atoms with van der Waals surface area (Å²) in [6.45, 7) is 0.213. The number of hydrogen-bond acceptors (Lipinski definition) is 7. The molecule has 7 rings (SSSR count). The van der Waals surface area contributed by atoms with Crippen LogP contribution in [0, 0.1) is 0 Å². The standard InChI is InChI=1S/C29H31N5O5/c1-30-26(35)23-24-22(25-28(37-24)39-29(38-25)15-9-4-10-16-29)34-21(20(31-32-34)19-13-7-3-8-14-19)27(36)33(23)17-18-11-5-2-6-12-18/h2-3,5-8,11-14,22-25,28H,4,9-10,15-17H2,1H3,(H,30,35)/t22-,23+,24-,25+,28+/m0/s1. The minimum atomic E-state index is -0.932. The molecule has 1 aromatic heterocycles. The first-order valence-electron chi connectivity index (χ1n) is 13.7. The molecule has 0 unspecified atom stereocenters. The summed E-state index contributed by atoms with van der Waals surface area (Å²) in [6.07, 6.45) is 2.81. The van der Waals surface area contributed by atoms with Crippen molar-refractivity contribution in [3.05, 3.63) is 71.9 Å². The van der Waals surface area contributed by atoms with Crippen molar-refractivity contribution in [2.24, 2.45) is 0 Å². The molecule has 1 spiro atoms. The first kappa shape index (κ1) is 24.4. The Labute approximate surface area is 226 Å². The monoisotopic (exact) mass is 529 g/mol. The van der Waals surface area contributed by atoms with Crippen LogP contribution >= 0.6 is 0 Å². The van der Waals surface area contributed by atoms with Gasteiger partial charge >= 0.3 is 0 Å². The van der Waals surface area contributed by atoms with Gasteiger partial charge in [-0.25, -0.2) is 4.68 Å². The molecule has 3 fully saturated rings. The average molecular weight is 530 g/mol. The van der Waals surface area contributed by atoms with Gasteiger partial charge in [0, 0.05) is 32.0 Å². The Balaban J connectivity index is 1.37. The summed E-state index contributed by atoms with van der Waals surface area (Å²) in [5.41, 5.74) is 2.44. The van der Waals surface area contributed by atoms with Crippen molar-refractivity contribution in [3.8, 4) is 11.3 Å². The first-order chi connectivity index (χ1) is 19.1. The summed E-state index contributed by atoms with van der Waals surface area (Å²) in [6, 6.07) is 17.6. The molecule has 4 heterocycles. The Hall–Kier alpha value is -3.60. The summed E-state index contributed by atoms with van der Waals surface area (Å²) >= 11 is 0. The lowest BCUT2D eigenvalue weighted by Crippen LogP contribution is -2.55. The molecule has 5 atom stereocenters. The van der Waals surface area contributed by atoms with E-state index in [-0.39, 0.29) is 18.4 Å². The Kier molecular flexibility index (Phi) is 5.98. The first-order valence-corrected chi connectivity index (χ1v) is 13.7. The molecule has 1 aliphatic carbocycles. The maximum Gasteiger partial charge on any atom is 0.275 e. The highest BCUT2D eigenvalue weighted by molar-refractivity contribution is 6.01. The third kappa shape index (κ3) is 3.97. The Morgan fingerprint density at radius 3 is 2.44 bits per heavy atom. The number of nitrogens with one attached hydrogen (secondary N) is 1. The Morgan fingerprint density at radius 2 is 1.72 bits per heavy atom. The SMILES string of the molecule is CNC(=O)[C@H]1[C@H]2O[C@@H]3OC4(CCCCC4)O[C@@H]3[C@H]2n2nnc(-c3ccccc3)c2C(=O)N1Cc1ccccc1. The number of carbonyl (C=O) groups excluding carboxylic acids is 2. The summed E-state index contributed by atoms with van der Waals surface area (Å²) in [5, 5.41) is 11.8. The van der Waals surface area contributed by atoms with Gasteiger partial charge in [0.05, 0.1) is 0 Å². The van der Waals surface area contributed by atoms with Crippen LogP contribution in [0.2, 0.25) is 0 Å². The zero-order chi connectivity index (χ0) is 26.6. The molecule has 3 aromatic rings. The molecule has 1 N–H and O–H groups in total. The van der Waals surface area contributed by atoms with E-state index < -0.39 is 36.4 Å². The number of carbonyl (C=O) groups is 2.